The molecule has 0 saturated carbocycles. The van der Waals surface area contributed by atoms with Crippen LogP contribution in [0.15, 0.2) is 18.2 Å². The molecule has 1 amide bonds. The molecule has 1 aromatic rings. The molecular formula is C13H16F3NO3. The molecule has 4 nitrogen and oxygen atoms in total. The molecule has 0 heterocycles. The fourth-order valence-electron chi connectivity index (χ4n) is 1.25. The van der Waals surface area contributed by atoms with Gasteiger partial charge < -0.3 is 14.8 Å². The third-order valence-corrected chi connectivity index (χ3v) is 2.07. The third kappa shape index (κ3) is 5.92. The van der Waals surface area contributed by atoms with E-state index in [0.29, 0.717) is 0 Å². The Labute approximate surface area is 114 Å². The molecule has 1 rings (SSSR count). The number of hydrogen-bond donors (Lipinski definition) is 1. The fourth-order valence-corrected chi connectivity index (χ4v) is 1.25. The summed E-state index contributed by atoms with van der Waals surface area (Å²) in [5.41, 5.74) is -0.344. The first-order valence-electron chi connectivity index (χ1n) is 5.85. The van der Waals surface area contributed by atoms with E-state index in [1.54, 1.807) is 20.8 Å². The Morgan fingerprint density at radius 2 is 2.00 bits per heavy atom. The normalized spacial score (nSPS) is 11.6. The minimum absolute atomic E-state index is 0.131. The van der Waals surface area contributed by atoms with Crippen LogP contribution in [0.2, 0.25) is 0 Å². The average Bonchev–Trinajstić information content (AvgIpc) is 2.29. The van der Waals surface area contributed by atoms with E-state index in [4.69, 9.17) is 4.74 Å². The zero-order valence-electron chi connectivity index (χ0n) is 11.4. The molecule has 0 unspecified atom stereocenters. The van der Waals surface area contributed by atoms with E-state index in [0.717, 1.165) is 12.1 Å². The molecule has 0 fully saturated rings. The van der Waals surface area contributed by atoms with Crippen molar-refractivity contribution in [3.63, 3.8) is 0 Å². The summed E-state index contributed by atoms with van der Waals surface area (Å²) in [4.78, 5) is 11.5. The molecule has 0 aliphatic heterocycles. The maximum absolute atomic E-state index is 13.4. The number of rotatable bonds is 5. The summed E-state index contributed by atoms with van der Waals surface area (Å²) in [6.07, 6.45) is 0. The summed E-state index contributed by atoms with van der Waals surface area (Å²) >= 11 is 0. The van der Waals surface area contributed by atoms with E-state index in [1.807, 2.05) is 0 Å². The summed E-state index contributed by atoms with van der Waals surface area (Å²) in [5.74, 6) is -2.04. The first-order chi connectivity index (χ1) is 9.17. The summed E-state index contributed by atoms with van der Waals surface area (Å²) in [6, 6.07) is 3.17. The van der Waals surface area contributed by atoms with Gasteiger partial charge in [-0.3, -0.25) is 4.79 Å². The van der Waals surface area contributed by atoms with E-state index in [9.17, 15) is 18.0 Å². The highest BCUT2D eigenvalue weighted by Crippen LogP contribution is 2.22. The van der Waals surface area contributed by atoms with Crippen molar-refractivity contribution in [3.8, 4) is 5.75 Å². The van der Waals surface area contributed by atoms with Crippen molar-refractivity contribution in [3.05, 3.63) is 24.0 Å². The number of carbonyl (C=O) groups is 1. The second-order valence-corrected chi connectivity index (χ2v) is 4.97. The summed E-state index contributed by atoms with van der Waals surface area (Å²) in [7, 11) is 0. The lowest BCUT2D eigenvalue weighted by Crippen LogP contribution is -2.27. The first-order valence-corrected chi connectivity index (χ1v) is 5.85. The van der Waals surface area contributed by atoms with Gasteiger partial charge in [0.15, 0.2) is 11.6 Å². The fraction of sp³-hybridized carbons (Fsp3) is 0.462. The third-order valence-electron chi connectivity index (χ3n) is 2.07. The predicted molar refractivity (Wildman–Crippen MR) is 67.4 cm³/mol. The molecule has 0 aliphatic rings. The van der Waals surface area contributed by atoms with Crippen molar-refractivity contribution in [1.29, 1.82) is 0 Å². The minimum atomic E-state index is -3.11. The molecule has 0 radical (unpaired) electrons. The maximum atomic E-state index is 13.4. The number of alkyl halides is 2. The SMILES string of the molecule is CC(C)(C)OCC(=O)Nc1ccc(OC(F)F)c(F)c1. The van der Waals surface area contributed by atoms with E-state index < -0.39 is 29.7 Å². The molecule has 0 atom stereocenters. The van der Waals surface area contributed by atoms with Gasteiger partial charge in [-0.1, -0.05) is 0 Å². The van der Waals surface area contributed by atoms with Crippen LogP contribution < -0.4 is 10.1 Å². The number of hydrogen-bond acceptors (Lipinski definition) is 3. The van der Waals surface area contributed by atoms with Crippen LogP contribution in [0, 0.1) is 5.82 Å². The molecular weight excluding hydrogens is 275 g/mol. The van der Waals surface area contributed by atoms with E-state index in [2.05, 4.69) is 10.1 Å². The first kappa shape index (κ1) is 16.3. The molecule has 0 aromatic heterocycles. The van der Waals surface area contributed by atoms with E-state index in [1.165, 1.54) is 6.07 Å². The van der Waals surface area contributed by atoms with Crippen LogP contribution in [-0.4, -0.2) is 24.7 Å². The summed E-state index contributed by atoms with van der Waals surface area (Å²) in [6.45, 7) is 2.06. The van der Waals surface area contributed by atoms with Crippen molar-refractivity contribution in [2.45, 2.75) is 33.0 Å². The monoisotopic (exact) mass is 291 g/mol. The second kappa shape index (κ2) is 6.60. The average molecular weight is 291 g/mol. The number of carbonyl (C=O) groups excluding carboxylic acids is 1. The van der Waals surface area contributed by atoms with Gasteiger partial charge in [-0.15, -0.1) is 0 Å². The van der Waals surface area contributed by atoms with Crippen LogP contribution in [0.5, 0.6) is 5.75 Å². The summed E-state index contributed by atoms with van der Waals surface area (Å²) in [5, 5.41) is 2.39. The number of halogens is 3. The molecule has 1 N–H and O–H groups in total. The van der Waals surface area contributed by atoms with Crippen LogP contribution in [0.3, 0.4) is 0 Å². The Morgan fingerprint density at radius 3 is 2.50 bits per heavy atom. The van der Waals surface area contributed by atoms with Gasteiger partial charge in [0, 0.05) is 11.8 Å². The van der Waals surface area contributed by atoms with Crippen molar-refractivity contribution in [2.75, 3.05) is 11.9 Å². The van der Waals surface area contributed by atoms with Crippen molar-refractivity contribution in [2.24, 2.45) is 0 Å². The standard InChI is InChI=1S/C13H16F3NO3/c1-13(2,3)19-7-11(18)17-8-4-5-10(9(14)6-8)20-12(15)16/h4-6,12H,7H2,1-3H3,(H,17,18). The largest absolute Gasteiger partial charge is 0.432 e. The molecule has 0 saturated heterocycles. The molecule has 20 heavy (non-hydrogen) atoms. The van der Waals surface area contributed by atoms with Crippen molar-refractivity contribution >= 4 is 11.6 Å². The lowest BCUT2D eigenvalue weighted by Gasteiger charge is -2.19. The second-order valence-electron chi connectivity index (χ2n) is 4.97. The van der Waals surface area contributed by atoms with Gasteiger partial charge in [-0.25, -0.2) is 4.39 Å². The van der Waals surface area contributed by atoms with Gasteiger partial charge in [0.1, 0.15) is 6.61 Å². The Bertz CT molecular complexity index is 472. The maximum Gasteiger partial charge on any atom is 0.387 e. The Balaban J connectivity index is 2.60. The van der Waals surface area contributed by atoms with Gasteiger partial charge in [0.25, 0.3) is 0 Å². The van der Waals surface area contributed by atoms with Crippen LogP contribution in [0.25, 0.3) is 0 Å². The van der Waals surface area contributed by atoms with Gasteiger partial charge in [-0.05, 0) is 32.9 Å². The number of benzene rings is 1. The van der Waals surface area contributed by atoms with Crippen LogP contribution in [0.1, 0.15) is 20.8 Å². The van der Waals surface area contributed by atoms with Crippen LogP contribution in [-0.2, 0) is 9.53 Å². The number of amides is 1. The number of anilines is 1. The van der Waals surface area contributed by atoms with Crippen LogP contribution >= 0.6 is 0 Å². The smallest absolute Gasteiger partial charge is 0.387 e. The molecule has 7 heteroatoms. The highest BCUT2D eigenvalue weighted by atomic mass is 19.3. The Morgan fingerprint density at radius 1 is 1.35 bits per heavy atom. The van der Waals surface area contributed by atoms with Crippen LogP contribution in [0.4, 0.5) is 18.9 Å². The Hall–Kier alpha value is -1.76. The van der Waals surface area contributed by atoms with E-state index >= 15 is 0 Å². The molecule has 112 valence electrons. The van der Waals surface area contributed by atoms with Gasteiger partial charge >= 0.3 is 6.61 Å². The molecule has 1 aromatic carbocycles. The van der Waals surface area contributed by atoms with Crippen molar-refractivity contribution in [1.82, 2.24) is 0 Å². The quantitative estimate of drug-likeness (QED) is 0.906. The van der Waals surface area contributed by atoms with Gasteiger partial charge in [0.2, 0.25) is 5.91 Å². The van der Waals surface area contributed by atoms with Gasteiger partial charge in [0.05, 0.1) is 5.60 Å². The zero-order valence-corrected chi connectivity index (χ0v) is 11.4. The highest BCUT2D eigenvalue weighted by molar-refractivity contribution is 5.91. The zero-order chi connectivity index (χ0) is 15.3. The number of ether oxygens (including phenoxy) is 2. The molecule has 0 spiro atoms. The van der Waals surface area contributed by atoms with Gasteiger partial charge in [-0.2, -0.15) is 8.78 Å². The minimum Gasteiger partial charge on any atom is -0.432 e. The van der Waals surface area contributed by atoms with E-state index in [-0.39, 0.29) is 12.3 Å². The topological polar surface area (TPSA) is 47.6 Å². The lowest BCUT2D eigenvalue weighted by atomic mass is 10.2. The number of nitrogens with one attached hydrogen (secondary N) is 1. The molecule has 0 bridgehead atoms. The van der Waals surface area contributed by atoms with Crippen molar-refractivity contribution < 1.29 is 27.4 Å². The predicted octanol–water partition coefficient (Wildman–Crippen LogP) is 3.18. The highest BCUT2D eigenvalue weighted by Gasteiger charge is 2.14. The lowest BCUT2D eigenvalue weighted by molar-refractivity contribution is -0.125. The summed E-state index contributed by atoms with van der Waals surface area (Å²) < 4.78 is 46.5. The Kier molecular flexibility index (Phi) is 5.38. The molecule has 0 aliphatic carbocycles.